The van der Waals surface area contributed by atoms with Gasteiger partial charge in [0.2, 0.25) is 0 Å². The standard InChI is InChI=1S/C21H24ClN3O4S/c1-13(2)11-28-16-6-4-15(5-7-16)20(27)23-21(30)25-24-19(26)12-29-17-8-9-18(22)14(3)10-17/h4-10,13H,11-12H2,1-3H3,(H,24,26)(H2,23,25,27,30). The van der Waals surface area contributed by atoms with Crippen LogP contribution in [0.5, 0.6) is 11.5 Å². The maximum Gasteiger partial charge on any atom is 0.276 e. The zero-order valence-electron chi connectivity index (χ0n) is 17.0. The molecular weight excluding hydrogens is 426 g/mol. The molecule has 0 aromatic heterocycles. The summed E-state index contributed by atoms with van der Waals surface area (Å²) in [5.74, 6) is 0.732. The van der Waals surface area contributed by atoms with Crippen LogP contribution in [0.4, 0.5) is 0 Å². The van der Waals surface area contributed by atoms with Gasteiger partial charge in [-0.05, 0) is 73.1 Å². The number of halogens is 1. The van der Waals surface area contributed by atoms with Gasteiger partial charge in [0.1, 0.15) is 11.5 Å². The van der Waals surface area contributed by atoms with E-state index in [0.29, 0.717) is 34.6 Å². The maximum absolute atomic E-state index is 12.2. The number of hydrogen-bond acceptors (Lipinski definition) is 5. The first kappa shape index (κ1) is 23.4. The van der Waals surface area contributed by atoms with Crippen molar-refractivity contribution in [3.05, 3.63) is 58.6 Å². The number of nitrogens with one attached hydrogen (secondary N) is 3. The summed E-state index contributed by atoms with van der Waals surface area (Å²) in [7, 11) is 0. The molecule has 0 heterocycles. The van der Waals surface area contributed by atoms with Crippen molar-refractivity contribution in [3.8, 4) is 11.5 Å². The highest BCUT2D eigenvalue weighted by atomic mass is 35.5. The molecule has 7 nitrogen and oxygen atoms in total. The van der Waals surface area contributed by atoms with Crippen molar-refractivity contribution in [1.29, 1.82) is 0 Å². The fraction of sp³-hybridized carbons (Fsp3) is 0.286. The minimum atomic E-state index is -0.467. The Hall–Kier alpha value is -2.84. The number of benzene rings is 2. The van der Waals surface area contributed by atoms with Gasteiger partial charge < -0.3 is 9.47 Å². The van der Waals surface area contributed by atoms with E-state index in [1.165, 1.54) is 0 Å². The molecule has 0 aliphatic carbocycles. The summed E-state index contributed by atoms with van der Waals surface area (Å²) >= 11 is 11.0. The first-order chi connectivity index (χ1) is 14.2. The molecule has 0 spiro atoms. The van der Waals surface area contributed by atoms with Gasteiger partial charge in [-0.3, -0.25) is 25.8 Å². The molecule has 2 rings (SSSR count). The molecule has 0 saturated heterocycles. The summed E-state index contributed by atoms with van der Waals surface area (Å²) < 4.78 is 11.0. The van der Waals surface area contributed by atoms with Crippen molar-refractivity contribution < 1.29 is 19.1 Å². The van der Waals surface area contributed by atoms with Gasteiger partial charge in [-0.2, -0.15) is 0 Å². The number of thiocarbonyl (C=S) groups is 1. The molecule has 0 saturated carbocycles. The summed E-state index contributed by atoms with van der Waals surface area (Å²) in [4.78, 5) is 24.1. The number of amides is 2. The van der Waals surface area contributed by atoms with Crippen LogP contribution >= 0.6 is 23.8 Å². The fourth-order valence-corrected chi connectivity index (χ4v) is 2.45. The summed E-state index contributed by atoms with van der Waals surface area (Å²) in [5, 5.41) is 3.05. The quantitative estimate of drug-likeness (QED) is 0.443. The third-order valence-corrected chi connectivity index (χ3v) is 4.37. The highest BCUT2D eigenvalue weighted by Crippen LogP contribution is 2.20. The Balaban J connectivity index is 1.73. The third kappa shape index (κ3) is 7.88. The largest absolute Gasteiger partial charge is 0.493 e. The van der Waals surface area contributed by atoms with Gasteiger partial charge >= 0.3 is 0 Å². The molecule has 2 aromatic carbocycles. The van der Waals surface area contributed by atoms with Gasteiger partial charge in [0.25, 0.3) is 11.8 Å². The predicted molar refractivity (Wildman–Crippen MR) is 120 cm³/mol. The molecule has 0 atom stereocenters. The fourth-order valence-electron chi connectivity index (χ4n) is 2.19. The average Bonchev–Trinajstić information content (AvgIpc) is 2.72. The number of ether oxygens (including phenoxy) is 2. The Morgan fingerprint density at radius 1 is 1.03 bits per heavy atom. The average molecular weight is 450 g/mol. The van der Waals surface area contributed by atoms with E-state index >= 15 is 0 Å². The van der Waals surface area contributed by atoms with Gasteiger partial charge in [0.05, 0.1) is 6.61 Å². The van der Waals surface area contributed by atoms with E-state index in [1.807, 2.05) is 6.92 Å². The second-order valence-electron chi connectivity index (χ2n) is 6.89. The molecule has 9 heteroatoms. The number of hydrogen-bond donors (Lipinski definition) is 3. The Labute approximate surface area is 186 Å². The summed E-state index contributed by atoms with van der Waals surface area (Å²) in [6, 6.07) is 11.8. The molecule has 160 valence electrons. The van der Waals surface area contributed by atoms with E-state index in [-0.39, 0.29) is 11.7 Å². The topological polar surface area (TPSA) is 88.7 Å². The Morgan fingerprint density at radius 3 is 2.33 bits per heavy atom. The smallest absolute Gasteiger partial charge is 0.276 e. The Morgan fingerprint density at radius 2 is 1.70 bits per heavy atom. The van der Waals surface area contributed by atoms with Gasteiger partial charge in [-0.25, -0.2) is 0 Å². The van der Waals surface area contributed by atoms with Crippen LogP contribution in [0.15, 0.2) is 42.5 Å². The molecular formula is C21H24ClN3O4S. The predicted octanol–water partition coefficient (Wildman–Crippen LogP) is 3.40. The summed E-state index contributed by atoms with van der Waals surface area (Å²) in [6.45, 7) is 6.31. The van der Waals surface area contributed by atoms with Crippen molar-refractivity contribution in [3.63, 3.8) is 0 Å². The van der Waals surface area contributed by atoms with Crippen LogP contribution in [0.2, 0.25) is 5.02 Å². The van der Waals surface area contributed by atoms with Crippen LogP contribution in [0, 0.1) is 12.8 Å². The monoisotopic (exact) mass is 449 g/mol. The molecule has 0 radical (unpaired) electrons. The van der Waals surface area contributed by atoms with Crippen molar-refractivity contribution in [1.82, 2.24) is 16.2 Å². The molecule has 2 aromatic rings. The minimum absolute atomic E-state index is 0.0455. The zero-order chi connectivity index (χ0) is 22.1. The highest BCUT2D eigenvalue weighted by Gasteiger charge is 2.10. The lowest BCUT2D eigenvalue weighted by atomic mass is 10.2. The minimum Gasteiger partial charge on any atom is -0.493 e. The number of aryl methyl sites for hydroxylation is 1. The van der Waals surface area contributed by atoms with Gasteiger partial charge in [0, 0.05) is 10.6 Å². The zero-order valence-corrected chi connectivity index (χ0v) is 18.5. The lowest BCUT2D eigenvalue weighted by molar-refractivity contribution is -0.123. The van der Waals surface area contributed by atoms with Crippen molar-refractivity contribution in [2.45, 2.75) is 20.8 Å². The molecule has 3 N–H and O–H groups in total. The normalized spacial score (nSPS) is 10.3. The van der Waals surface area contributed by atoms with E-state index in [2.05, 4.69) is 30.0 Å². The molecule has 0 aliphatic heterocycles. The Kier molecular flexibility index (Phi) is 8.89. The van der Waals surface area contributed by atoms with Crippen molar-refractivity contribution in [2.75, 3.05) is 13.2 Å². The number of carbonyl (C=O) groups excluding carboxylic acids is 2. The van der Waals surface area contributed by atoms with E-state index < -0.39 is 11.8 Å². The van der Waals surface area contributed by atoms with E-state index in [0.717, 1.165) is 5.56 Å². The van der Waals surface area contributed by atoms with Crippen LogP contribution in [0.25, 0.3) is 0 Å². The molecule has 30 heavy (non-hydrogen) atoms. The molecule has 0 fully saturated rings. The van der Waals surface area contributed by atoms with Crippen LogP contribution in [0.1, 0.15) is 29.8 Å². The molecule has 0 aliphatic rings. The first-order valence-electron chi connectivity index (χ1n) is 9.26. The van der Waals surface area contributed by atoms with Crippen LogP contribution in [0.3, 0.4) is 0 Å². The van der Waals surface area contributed by atoms with Crippen LogP contribution in [-0.2, 0) is 4.79 Å². The third-order valence-electron chi connectivity index (χ3n) is 3.74. The van der Waals surface area contributed by atoms with E-state index in [1.54, 1.807) is 42.5 Å². The lowest BCUT2D eigenvalue weighted by Gasteiger charge is -2.12. The van der Waals surface area contributed by atoms with Crippen LogP contribution in [-0.4, -0.2) is 30.1 Å². The number of hydrazine groups is 1. The van der Waals surface area contributed by atoms with Crippen LogP contribution < -0.4 is 25.6 Å². The number of rotatable bonds is 7. The van der Waals surface area contributed by atoms with Gasteiger partial charge in [0.15, 0.2) is 11.7 Å². The highest BCUT2D eigenvalue weighted by molar-refractivity contribution is 7.80. The van der Waals surface area contributed by atoms with Gasteiger partial charge in [-0.15, -0.1) is 0 Å². The van der Waals surface area contributed by atoms with Gasteiger partial charge in [-0.1, -0.05) is 25.4 Å². The Bertz CT molecular complexity index is 904. The SMILES string of the molecule is Cc1cc(OCC(=O)NNC(=S)NC(=O)c2ccc(OCC(C)C)cc2)ccc1Cl. The molecule has 0 bridgehead atoms. The second-order valence-corrected chi connectivity index (χ2v) is 7.70. The van der Waals surface area contributed by atoms with Crippen molar-refractivity contribution >= 4 is 40.7 Å². The van der Waals surface area contributed by atoms with E-state index in [4.69, 9.17) is 33.3 Å². The summed E-state index contributed by atoms with van der Waals surface area (Å²) in [6.07, 6.45) is 0. The summed E-state index contributed by atoms with van der Waals surface area (Å²) in [5.41, 5.74) is 6.06. The van der Waals surface area contributed by atoms with E-state index in [9.17, 15) is 9.59 Å². The second kappa shape index (κ2) is 11.4. The lowest BCUT2D eigenvalue weighted by Crippen LogP contribution is -2.49. The first-order valence-corrected chi connectivity index (χ1v) is 10.0. The number of carbonyl (C=O) groups is 2. The van der Waals surface area contributed by atoms with Crippen molar-refractivity contribution in [2.24, 2.45) is 5.92 Å². The molecule has 2 amide bonds. The maximum atomic E-state index is 12.2. The molecule has 0 unspecified atom stereocenters.